The molecule has 1 aromatic carbocycles. The van der Waals surface area contributed by atoms with Crippen LogP contribution in [-0.2, 0) is 6.54 Å². The summed E-state index contributed by atoms with van der Waals surface area (Å²) in [5, 5.41) is 0.535. The van der Waals surface area contributed by atoms with Crippen LogP contribution in [0.25, 0.3) is 0 Å². The normalized spacial score (nSPS) is 17.1. The van der Waals surface area contributed by atoms with E-state index in [1.807, 2.05) is 18.2 Å². The minimum absolute atomic E-state index is 0.435. The molecule has 2 aliphatic heterocycles. The van der Waals surface area contributed by atoms with Crippen molar-refractivity contribution in [3.63, 3.8) is 0 Å². The van der Waals surface area contributed by atoms with E-state index in [0.29, 0.717) is 42.2 Å². The minimum atomic E-state index is 0.435. The van der Waals surface area contributed by atoms with Crippen molar-refractivity contribution in [2.24, 2.45) is 10.7 Å². The van der Waals surface area contributed by atoms with Crippen LogP contribution in [-0.4, -0.2) is 60.2 Å². The second-order valence-corrected chi connectivity index (χ2v) is 6.71. The molecular weight excluding hydrogens is 368 g/mol. The number of aliphatic imine (C=N–C) groups is 1. The van der Waals surface area contributed by atoms with Crippen molar-refractivity contribution in [3.05, 3.63) is 41.2 Å². The molecule has 2 aliphatic rings. The Labute approximate surface area is 162 Å². The number of fused-ring (bicyclic) bond motifs is 1. The van der Waals surface area contributed by atoms with E-state index >= 15 is 0 Å². The zero-order valence-electron chi connectivity index (χ0n) is 14.8. The number of ether oxygens (including phenoxy) is 2. The van der Waals surface area contributed by atoms with Gasteiger partial charge < -0.3 is 25.0 Å². The summed E-state index contributed by atoms with van der Waals surface area (Å²) >= 11 is 6.27. The molecule has 0 bridgehead atoms. The molecular formula is C18H21ClN6O2. The fraction of sp³-hybridized carbons (Fsp3) is 0.389. The summed E-state index contributed by atoms with van der Waals surface area (Å²) in [4.78, 5) is 17.3. The molecule has 0 radical (unpaired) electrons. The summed E-state index contributed by atoms with van der Waals surface area (Å²) in [6, 6.07) is 5.56. The Hall–Kier alpha value is -2.74. The fourth-order valence-corrected chi connectivity index (χ4v) is 3.41. The third-order valence-electron chi connectivity index (χ3n) is 4.52. The molecule has 8 nitrogen and oxygen atoms in total. The molecule has 3 heterocycles. The number of aromatic nitrogens is 2. The van der Waals surface area contributed by atoms with Crippen LogP contribution in [0.1, 0.15) is 5.56 Å². The number of guanidine groups is 1. The number of nitrogens with two attached hydrogens (primary N) is 1. The highest BCUT2D eigenvalue weighted by atomic mass is 35.5. The van der Waals surface area contributed by atoms with Crippen LogP contribution in [0, 0.1) is 0 Å². The molecule has 4 rings (SSSR count). The molecule has 27 heavy (non-hydrogen) atoms. The lowest BCUT2D eigenvalue weighted by Gasteiger charge is -2.35. The summed E-state index contributed by atoms with van der Waals surface area (Å²) < 4.78 is 11.1. The van der Waals surface area contributed by atoms with Crippen molar-refractivity contribution in [3.8, 4) is 11.5 Å². The lowest BCUT2D eigenvalue weighted by atomic mass is 10.2. The van der Waals surface area contributed by atoms with Gasteiger partial charge in [-0.3, -0.25) is 0 Å². The van der Waals surface area contributed by atoms with Gasteiger partial charge in [-0.25, -0.2) is 15.0 Å². The molecule has 0 amide bonds. The maximum absolute atomic E-state index is 6.27. The molecule has 1 saturated heterocycles. The highest BCUT2D eigenvalue weighted by Gasteiger charge is 2.20. The van der Waals surface area contributed by atoms with Crippen LogP contribution in [0.15, 0.2) is 35.6 Å². The van der Waals surface area contributed by atoms with Crippen molar-refractivity contribution in [2.45, 2.75) is 6.54 Å². The molecule has 142 valence electrons. The molecule has 0 atom stereocenters. The minimum Gasteiger partial charge on any atom is -0.486 e. The largest absolute Gasteiger partial charge is 0.486 e. The van der Waals surface area contributed by atoms with Gasteiger partial charge in [0.1, 0.15) is 13.2 Å². The van der Waals surface area contributed by atoms with E-state index in [4.69, 9.17) is 26.8 Å². The van der Waals surface area contributed by atoms with Crippen LogP contribution >= 0.6 is 11.6 Å². The predicted octanol–water partition coefficient (Wildman–Crippen LogP) is 1.54. The lowest BCUT2D eigenvalue weighted by Crippen LogP contribution is -2.51. The Kier molecular flexibility index (Phi) is 5.15. The average molecular weight is 389 g/mol. The zero-order valence-corrected chi connectivity index (χ0v) is 15.6. The molecule has 9 heteroatoms. The summed E-state index contributed by atoms with van der Waals surface area (Å²) in [5.74, 6) is 2.53. The Balaban J connectivity index is 1.37. The number of piperazine rings is 1. The van der Waals surface area contributed by atoms with Gasteiger partial charge in [-0.2, -0.15) is 0 Å². The van der Waals surface area contributed by atoms with Crippen LogP contribution in [0.5, 0.6) is 11.5 Å². The Morgan fingerprint density at radius 3 is 2.63 bits per heavy atom. The van der Waals surface area contributed by atoms with Gasteiger partial charge in [0.05, 0.1) is 11.6 Å². The van der Waals surface area contributed by atoms with Crippen LogP contribution in [0.3, 0.4) is 0 Å². The van der Waals surface area contributed by atoms with Gasteiger partial charge in [0, 0.05) is 38.6 Å². The second-order valence-electron chi connectivity index (χ2n) is 6.30. The van der Waals surface area contributed by atoms with E-state index in [9.17, 15) is 0 Å². The SMILES string of the molecule is NC(=NCc1cc(Cl)c2c(c1)OCCO2)N1CCN(c2ncccn2)CC1. The van der Waals surface area contributed by atoms with E-state index in [0.717, 1.165) is 37.7 Å². The molecule has 0 saturated carbocycles. The van der Waals surface area contributed by atoms with Crippen molar-refractivity contribution in [2.75, 3.05) is 44.3 Å². The molecule has 0 aliphatic carbocycles. The number of hydrogen-bond donors (Lipinski definition) is 1. The van der Waals surface area contributed by atoms with Gasteiger partial charge in [-0.15, -0.1) is 0 Å². The number of nitrogens with zero attached hydrogens (tertiary/aromatic N) is 5. The molecule has 2 aromatic rings. The maximum atomic E-state index is 6.27. The van der Waals surface area contributed by atoms with E-state index in [-0.39, 0.29) is 0 Å². The predicted molar refractivity (Wildman–Crippen MR) is 104 cm³/mol. The number of benzene rings is 1. The number of rotatable bonds is 3. The van der Waals surface area contributed by atoms with Crippen molar-refractivity contribution in [1.29, 1.82) is 0 Å². The number of hydrogen-bond acceptors (Lipinski definition) is 6. The van der Waals surface area contributed by atoms with Crippen LogP contribution < -0.4 is 20.1 Å². The molecule has 1 fully saturated rings. The van der Waals surface area contributed by atoms with E-state index < -0.39 is 0 Å². The summed E-state index contributed by atoms with van der Waals surface area (Å²) in [6.45, 7) is 4.62. The van der Waals surface area contributed by atoms with Crippen LogP contribution in [0.2, 0.25) is 5.02 Å². The maximum Gasteiger partial charge on any atom is 0.225 e. The Morgan fingerprint density at radius 1 is 1.11 bits per heavy atom. The topological polar surface area (TPSA) is 89.1 Å². The first-order valence-corrected chi connectivity index (χ1v) is 9.23. The highest BCUT2D eigenvalue weighted by Crippen LogP contribution is 2.38. The van der Waals surface area contributed by atoms with Gasteiger partial charge in [0.25, 0.3) is 0 Å². The smallest absolute Gasteiger partial charge is 0.225 e. The van der Waals surface area contributed by atoms with Crippen molar-refractivity contribution in [1.82, 2.24) is 14.9 Å². The first-order chi connectivity index (χ1) is 13.2. The second kappa shape index (κ2) is 7.87. The molecule has 2 N–H and O–H groups in total. The first-order valence-electron chi connectivity index (χ1n) is 8.85. The van der Waals surface area contributed by atoms with Gasteiger partial charge in [0.2, 0.25) is 5.95 Å². The van der Waals surface area contributed by atoms with E-state index in [1.165, 1.54) is 0 Å². The monoisotopic (exact) mass is 388 g/mol. The van der Waals surface area contributed by atoms with Gasteiger partial charge in [-0.05, 0) is 23.8 Å². The van der Waals surface area contributed by atoms with Gasteiger partial charge in [0.15, 0.2) is 17.5 Å². The summed E-state index contributed by atoms with van der Waals surface area (Å²) in [5.41, 5.74) is 7.13. The third kappa shape index (κ3) is 4.00. The zero-order chi connectivity index (χ0) is 18.6. The van der Waals surface area contributed by atoms with Crippen LogP contribution in [0.4, 0.5) is 5.95 Å². The lowest BCUT2D eigenvalue weighted by molar-refractivity contribution is 0.171. The van der Waals surface area contributed by atoms with Gasteiger partial charge in [-0.1, -0.05) is 11.6 Å². The average Bonchev–Trinajstić information content (AvgIpc) is 2.73. The molecule has 1 aromatic heterocycles. The summed E-state index contributed by atoms with van der Waals surface area (Å²) in [6.07, 6.45) is 3.51. The van der Waals surface area contributed by atoms with E-state index in [2.05, 4.69) is 24.8 Å². The Morgan fingerprint density at radius 2 is 1.85 bits per heavy atom. The van der Waals surface area contributed by atoms with E-state index in [1.54, 1.807) is 12.4 Å². The summed E-state index contributed by atoms with van der Waals surface area (Å²) in [7, 11) is 0. The highest BCUT2D eigenvalue weighted by molar-refractivity contribution is 6.32. The van der Waals surface area contributed by atoms with Crippen molar-refractivity contribution < 1.29 is 9.47 Å². The van der Waals surface area contributed by atoms with Gasteiger partial charge >= 0.3 is 0 Å². The van der Waals surface area contributed by atoms with Crippen molar-refractivity contribution >= 4 is 23.5 Å². The number of anilines is 1. The molecule has 0 spiro atoms. The molecule has 0 unspecified atom stereocenters. The quantitative estimate of drug-likeness (QED) is 0.630. The Bertz CT molecular complexity index is 824. The first kappa shape index (κ1) is 17.7. The fourth-order valence-electron chi connectivity index (χ4n) is 3.12. The third-order valence-corrected chi connectivity index (χ3v) is 4.80. The number of halogens is 1. The standard InChI is InChI=1S/C18H21ClN6O2/c19-14-10-13(11-15-16(14)27-9-8-26-15)12-23-17(20)24-4-6-25(7-5-24)18-21-2-1-3-22-18/h1-3,10-11H,4-9,12H2,(H2,20,23).